The number of phenols is 1. The number of methoxy groups -OCH3 is 1. The van der Waals surface area contributed by atoms with Crippen LogP contribution in [0.25, 0.3) is 0 Å². The van der Waals surface area contributed by atoms with Gasteiger partial charge in [0.25, 0.3) is 0 Å². The summed E-state index contributed by atoms with van der Waals surface area (Å²) < 4.78 is 5.26. The number of phenolic OH excluding ortho intramolecular Hbond substituents is 1. The van der Waals surface area contributed by atoms with Gasteiger partial charge in [-0.3, -0.25) is 0 Å². The first kappa shape index (κ1) is 15.0. The van der Waals surface area contributed by atoms with Crippen molar-refractivity contribution in [3.05, 3.63) is 29.8 Å². The Bertz CT molecular complexity index is 335. The van der Waals surface area contributed by atoms with Crippen molar-refractivity contribution in [1.29, 1.82) is 0 Å². The summed E-state index contributed by atoms with van der Waals surface area (Å²) in [5.41, 5.74) is 1.21. The molecule has 0 radical (unpaired) electrons. The van der Waals surface area contributed by atoms with Gasteiger partial charge in [-0.2, -0.15) is 0 Å². The zero-order valence-corrected chi connectivity index (χ0v) is 11.8. The third kappa shape index (κ3) is 4.31. The molecule has 2 N–H and O–H groups in total. The van der Waals surface area contributed by atoms with E-state index in [0.29, 0.717) is 30.4 Å². The van der Waals surface area contributed by atoms with E-state index in [1.807, 2.05) is 12.1 Å². The largest absolute Gasteiger partial charge is 0.508 e. The minimum Gasteiger partial charge on any atom is -0.508 e. The highest BCUT2D eigenvalue weighted by Crippen LogP contribution is 2.21. The molecule has 0 heterocycles. The Morgan fingerprint density at radius 2 is 1.83 bits per heavy atom. The summed E-state index contributed by atoms with van der Waals surface area (Å²) in [5, 5.41) is 13.0. The second kappa shape index (κ2) is 7.39. The standard InChI is InChI=1S/C15H25NO2/c1-5-14(12-6-8-13(17)9-7-12)16-15(10-18-4)11(2)3/h6-9,11,14-17H,5,10H2,1-4H3. The molecule has 1 aromatic carbocycles. The summed E-state index contributed by atoms with van der Waals surface area (Å²) in [5.74, 6) is 0.835. The first-order chi connectivity index (χ1) is 8.58. The molecule has 0 spiro atoms. The highest BCUT2D eigenvalue weighted by molar-refractivity contribution is 5.28. The Labute approximate surface area is 110 Å². The number of hydrogen-bond donors (Lipinski definition) is 2. The van der Waals surface area contributed by atoms with Gasteiger partial charge in [0.2, 0.25) is 0 Å². The fraction of sp³-hybridized carbons (Fsp3) is 0.600. The summed E-state index contributed by atoms with van der Waals surface area (Å²) in [4.78, 5) is 0. The SMILES string of the molecule is CCC(NC(COC)C(C)C)c1ccc(O)cc1. The Balaban J connectivity index is 2.73. The first-order valence-corrected chi connectivity index (χ1v) is 6.62. The van der Waals surface area contributed by atoms with Crippen molar-refractivity contribution in [2.24, 2.45) is 5.92 Å². The number of ether oxygens (including phenoxy) is 1. The second-order valence-corrected chi connectivity index (χ2v) is 5.02. The van der Waals surface area contributed by atoms with E-state index in [4.69, 9.17) is 4.74 Å². The molecule has 0 bridgehead atoms. The van der Waals surface area contributed by atoms with Crippen molar-refractivity contribution >= 4 is 0 Å². The molecule has 3 heteroatoms. The van der Waals surface area contributed by atoms with E-state index >= 15 is 0 Å². The summed E-state index contributed by atoms with van der Waals surface area (Å²) in [6.45, 7) is 7.27. The quantitative estimate of drug-likeness (QED) is 0.782. The second-order valence-electron chi connectivity index (χ2n) is 5.02. The fourth-order valence-electron chi connectivity index (χ4n) is 2.03. The predicted octanol–water partition coefficient (Wildman–Crippen LogP) is 3.10. The Hall–Kier alpha value is -1.06. The maximum absolute atomic E-state index is 9.33. The number of aromatic hydroxyl groups is 1. The van der Waals surface area contributed by atoms with Crippen LogP contribution in [0.2, 0.25) is 0 Å². The van der Waals surface area contributed by atoms with E-state index in [1.165, 1.54) is 5.56 Å². The van der Waals surface area contributed by atoms with Crippen molar-refractivity contribution in [1.82, 2.24) is 5.32 Å². The number of benzene rings is 1. The van der Waals surface area contributed by atoms with Crippen LogP contribution in [0.15, 0.2) is 24.3 Å². The molecule has 3 nitrogen and oxygen atoms in total. The molecule has 102 valence electrons. The Morgan fingerprint density at radius 1 is 1.22 bits per heavy atom. The van der Waals surface area contributed by atoms with Gasteiger partial charge in [-0.25, -0.2) is 0 Å². The van der Waals surface area contributed by atoms with E-state index in [2.05, 4.69) is 26.1 Å². The van der Waals surface area contributed by atoms with E-state index < -0.39 is 0 Å². The average molecular weight is 251 g/mol. The lowest BCUT2D eigenvalue weighted by atomic mass is 9.99. The first-order valence-electron chi connectivity index (χ1n) is 6.62. The monoisotopic (exact) mass is 251 g/mol. The summed E-state index contributed by atoms with van der Waals surface area (Å²) in [7, 11) is 1.73. The molecule has 0 amide bonds. The van der Waals surface area contributed by atoms with Gasteiger partial charge >= 0.3 is 0 Å². The molecule has 0 fully saturated rings. The number of rotatable bonds is 7. The summed E-state index contributed by atoms with van der Waals surface area (Å²) in [6.07, 6.45) is 1.01. The predicted molar refractivity (Wildman–Crippen MR) is 74.8 cm³/mol. The van der Waals surface area contributed by atoms with Gasteiger partial charge in [0, 0.05) is 19.2 Å². The average Bonchev–Trinajstić information content (AvgIpc) is 2.35. The maximum Gasteiger partial charge on any atom is 0.115 e. The fourth-order valence-corrected chi connectivity index (χ4v) is 2.03. The minimum atomic E-state index is 0.299. The van der Waals surface area contributed by atoms with Gasteiger partial charge < -0.3 is 15.2 Å². The summed E-state index contributed by atoms with van der Waals surface area (Å²) >= 11 is 0. The Morgan fingerprint density at radius 3 is 2.28 bits per heavy atom. The molecule has 0 aliphatic heterocycles. The topological polar surface area (TPSA) is 41.5 Å². The van der Waals surface area contributed by atoms with Crippen LogP contribution in [-0.4, -0.2) is 24.9 Å². The molecule has 0 saturated heterocycles. The highest BCUT2D eigenvalue weighted by atomic mass is 16.5. The molecule has 2 unspecified atom stereocenters. The third-order valence-corrected chi connectivity index (χ3v) is 3.27. The molecule has 1 rings (SSSR count). The van der Waals surface area contributed by atoms with E-state index in [0.717, 1.165) is 6.42 Å². The van der Waals surface area contributed by atoms with Gasteiger partial charge in [-0.15, -0.1) is 0 Å². The highest BCUT2D eigenvalue weighted by Gasteiger charge is 2.18. The van der Waals surface area contributed by atoms with Crippen LogP contribution >= 0.6 is 0 Å². The number of nitrogens with one attached hydrogen (secondary N) is 1. The van der Waals surface area contributed by atoms with Gasteiger partial charge in [0.1, 0.15) is 5.75 Å². The molecule has 0 aliphatic rings. The lowest BCUT2D eigenvalue weighted by molar-refractivity contribution is 0.139. The van der Waals surface area contributed by atoms with Crippen LogP contribution in [0.3, 0.4) is 0 Å². The number of hydrogen-bond acceptors (Lipinski definition) is 3. The third-order valence-electron chi connectivity index (χ3n) is 3.27. The van der Waals surface area contributed by atoms with Crippen LogP contribution in [-0.2, 0) is 4.74 Å². The molecule has 0 aromatic heterocycles. The van der Waals surface area contributed by atoms with Gasteiger partial charge in [0.05, 0.1) is 6.61 Å². The summed E-state index contributed by atoms with van der Waals surface area (Å²) in [6, 6.07) is 8.06. The van der Waals surface area contributed by atoms with Crippen LogP contribution < -0.4 is 5.32 Å². The van der Waals surface area contributed by atoms with Crippen LogP contribution in [0.5, 0.6) is 5.75 Å². The zero-order chi connectivity index (χ0) is 13.5. The molecule has 1 aromatic rings. The van der Waals surface area contributed by atoms with E-state index in [-0.39, 0.29) is 0 Å². The molecule has 2 atom stereocenters. The van der Waals surface area contributed by atoms with E-state index in [1.54, 1.807) is 19.2 Å². The van der Waals surface area contributed by atoms with Crippen molar-refractivity contribution in [2.75, 3.05) is 13.7 Å². The van der Waals surface area contributed by atoms with Gasteiger partial charge in [-0.05, 0) is 30.0 Å². The van der Waals surface area contributed by atoms with Crippen LogP contribution in [0, 0.1) is 5.92 Å². The molecular weight excluding hydrogens is 226 g/mol. The zero-order valence-electron chi connectivity index (χ0n) is 11.8. The maximum atomic E-state index is 9.33. The minimum absolute atomic E-state index is 0.299. The van der Waals surface area contributed by atoms with Crippen LogP contribution in [0.4, 0.5) is 0 Å². The smallest absolute Gasteiger partial charge is 0.115 e. The van der Waals surface area contributed by atoms with Crippen LogP contribution in [0.1, 0.15) is 38.8 Å². The van der Waals surface area contributed by atoms with Crippen molar-refractivity contribution in [3.8, 4) is 5.75 Å². The Kier molecular flexibility index (Phi) is 6.16. The van der Waals surface area contributed by atoms with Gasteiger partial charge in [0.15, 0.2) is 0 Å². The van der Waals surface area contributed by atoms with Gasteiger partial charge in [-0.1, -0.05) is 32.9 Å². The van der Waals surface area contributed by atoms with E-state index in [9.17, 15) is 5.11 Å². The normalized spacial score (nSPS) is 14.7. The lowest BCUT2D eigenvalue weighted by Crippen LogP contribution is -2.40. The molecule has 18 heavy (non-hydrogen) atoms. The van der Waals surface area contributed by atoms with Crippen molar-refractivity contribution < 1.29 is 9.84 Å². The molecule has 0 aliphatic carbocycles. The molecule has 0 saturated carbocycles. The van der Waals surface area contributed by atoms with Crippen molar-refractivity contribution in [2.45, 2.75) is 39.3 Å². The van der Waals surface area contributed by atoms with Crippen molar-refractivity contribution in [3.63, 3.8) is 0 Å². The molecular formula is C15H25NO2. The lowest BCUT2D eigenvalue weighted by Gasteiger charge is -2.27.